The fraction of sp³-hybridized carbons (Fsp3) is 1.00. The maximum atomic E-state index is 5.73. The lowest BCUT2D eigenvalue weighted by molar-refractivity contribution is 0.284. The van der Waals surface area contributed by atoms with Gasteiger partial charge in [-0.3, -0.25) is 0 Å². The molecule has 0 spiro atoms. The zero-order chi connectivity index (χ0) is 8.65. The SMILES string of the molecule is ClCCN1CCCCCCCC1. The smallest absolute Gasteiger partial charge is 0.0351 e. The van der Waals surface area contributed by atoms with Crippen LogP contribution in [0.15, 0.2) is 0 Å². The third-order valence-corrected chi connectivity index (χ3v) is 2.77. The molecule has 0 bridgehead atoms. The fourth-order valence-electron chi connectivity index (χ4n) is 1.83. The van der Waals surface area contributed by atoms with Crippen molar-refractivity contribution in [3.05, 3.63) is 0 Å². The van der Waals surface area contributed by atoms with Crippen LogP contribution in [0, 0.1) is 0 Å². The van der Waals surface area contributed by atoms with E-state index in [2.05, 4.69) is 4.90 Å². The van der Waals surface area contributed by atoms with E-state index in [9.17, 15) is 0 Å². The molecule has 72 valence electrons. The highest BCUT2D eigenvalue weighted by Gasteiger charge is 2.05. The topological polar surface area (TPSA) is 3.24 Å². The molecule has 0 N–H and O–H groups in total. The highest BCUT2D eigenvalue weighted by molar-refractivity contribution is 6.18. The molecular weight excluding hydrogens is 170 g/mol. The number of nitrogens with zero attached hydrogens (tertiary/aromatic N) is 1. The summed E-state index contributed by atoms with van der Waals surface area (Å²) in [6, 6.07) is 0. The van der Waals surface area contributed by atoms with Gasteiger partial charge < -0.3 is 4.90 Å². The van der Waals surface area contributed by atoms with Gasteiger partial charge in [0.2, 0.25) is 0 Å². The minimum absolute atomic E-state index is 0.792. The average Bonchev–Trinajstić information content (AvgIpc) is 2.19. The third kappa shape index (κ3) is 4.32. The van der Waals surface area contributed by atoms with Crippen molar-refractivity contribution in [2.24, 2.45) is 0 Å². The first kappa shape index (κ1) is 10.3. The molecule has 0 radical (unpaired) electrons. The first-order valence-electron chi connectivity index (χ1n) is 5.22. The van der Waals surface area contributed by atoms with Gasteiger partial charge in [-0.2, -0.15) is 0 Å². The normalized spacial score (nSPS) is 22.8. The van der Waals surface area contributed by atoms with Gasteiger partial charge in [0.1, 0.15) is 0 Å². The second-order valence-electron chi connectivity index (χ2n) is 3.65. The van der Waals surface area contributed by atoms with E-state index in [4.69, 9.17) is 11.6 Å². The van der Waals surface area contributed by atoms with Crippen molar-refractivity contribution in [3.8, 4) is 0 Å². The average molecular weight is 190 g/mol. The summed E-state index contributed by atoms with van der Waals surface area (Å²) in [5.41, 5.74) is 0. The van der Waals surface area contributed by atoms with Crippen LogP contribution in [0.5, 0.6) is 0 Å². The number of hydrogen-bond donors (Lipinski definition) is 0. The maximum Gasteiger partial charge on any atom is 0.0351 e. The Morgan fingerprint density at radius 1 is 0.833 bits per heavy atom. The lowest BCUT2D eigenvalue weighted by atomic mass is 10.1. The Balaban J connectivity index is 2.19. The summed E-state index contributed by atoms with van der Waals surface area (Å²) < 4.78 is 0. The van der Waals surface area contributed by atoms with Gasteiger partial charge >= 0.3 is 0 Å². The van der Waals surface area contributed by atoms with Gasteiger partial charge in [0.15, 0.2) is 0 Å². The fourth-order valence-corrected chi connectivity index (χ4v) is 2.07. The summed E-state index contributed by atoms with van der Waals surface area (Å²) in [6.07, 6.45) is 8.45. The van der Waals surface area contributed by atoms with Gasteiger partial charge in [-0.05, 0) is 25.9 Å². The monoisotopic (exact) mass is 189 g/mol. The number of rotatable bonds is 2. The van der Waals surface area contributed by atoms with Gasteiger partial charge in [0.25, 0.3) is 0 Å². The number of alkyl halides is 1. The predicted octanol–water partition coefficient (Wildman–Crippen LogP) is 2.88. The number of halogens is 1. The van der Waals surface area contributed by atoms with Crippen LogP contribution in [0.3, 0.4) is 0 Å². The van der Waals surface area contributed by atoms with Gasteiger partial charge in [0, 0.05) is 12.4 Å². The molecule has 12 heavy (non-hydrogen) atoms. The van der Waals surface area contributed by atoms with Crippen LogP contribution in [0.25, 0.3) is 0 Å². The predicted molar refractivity (Wildman–Crippen MR) is 54.9 cm³/mol. The molecule has 0 atom stereocenters. The summed E-state index contributed by atoms with van der Waals surface area (Å²) in [6.45, 7) is 3.63. The summed E-state index contributed by atoms with van der Waals surface area (Å²) in [7, 11) is 0. The van der Waals surface area contributed by atoms with Crippen LogP contribution in [0.4, 0.5) is 0 Å². The second kappa shape index (κ2) is 6.73. The van der Waals surface area contributed by atoms with Crippen molar-refractivity contribution in [2.45, 2.75) is 38.5 Å². The molecule has 1 nitrogen and oxygen atoms in total. The van der Waals surface area contributed by atoms with Crippen LogP contribution >= 0.6 is 11.6 Å². The zero-order valence-corrected chi connectivity index (χ0v) is 8.65. The molecule has 0 aromatic rings. The first-order chi connectivity index (χ1) is 5.93. The Bertz CT molecular complexity index is 96.0. The standard InChI is InChI=1S/C10H20ClN/c11-7-10-12-8-5-3-1-2-4-6-9-12/h1-10H2. The van der Waals surface area contributed by atoms with E-state index < -0.39 is 0 Å². The lowest BCUT2D eigenvalue weighted by Gasteiger charge is -2.19. The quantitative estimate of drug-likeness (QED) is 0.604. The molecule has 0 aromatic carbocycles. The molecule has 1 saturated heterocycles. The highest BCUT2D eigenvalue weighted by atomic mass is 35.5. The minimum Gasteiger partial charge on any atom is -0.302 e. The van der Waals surface area contributed by atoms with Gasteiger partial charge in [0.05, 0.1) is 0 Å². The van der Waals surface area contributed by atoms with Crippen molar-refractivity contribution in [3.63, 3.8) is 0 Å². The van der Waals surface area contributed by atoms with E-state index in [1.165, 1.54) is 51.6 Å². The van der Waals surface area contributed by atoms with Crippen LogP contribution < -0.4 is 0 Å². The van der Waals surface area contributed by atoms with Crippen molar-refractivity contribution >= 4 is 11.6 Å². The van der Waals surface area contributed by atoms with Gasteiger partial charge in [-0.15, -0.1) is 11.6 Å². The van der Waals surface area contributed by atoms with Gasteiger partial charge in [-0.1, -0.05) is 25.7 Å². The molecule has 1 heterocycles. The molecule has 1 aliphatic rings. The Morgan fingerprint density at radius 3 is 1.83 bits per heavy atom. The van der Waals surface area contributed by atoms with E-state index in [0.717, 1.165) is 12.4 Å². The molecule has 1 aliphatic heterocycles. The van der Waals surface area contributed by atoms with Crippen molar-refractivity contribution in [2.75, 3.05) is 25.5 Å². The molecule has 1 fully saturated rings. The van der Waals surface area contributed by atoms with E-state index in [1.54, 1.807) is 0 Å². The molecular formula is C10H20ClN. The van der Waals surface area contributed by atoms with Crippen molar-refractivity contribution in [1.82, 2.24) is 4.90 Å². The molecule has 0 aliphatic carbocycles. The van der Waals surface area contributed by atoms with E-state index >= 15 is 0 Å². The minimum atomic E-state index is 0.792. The molecule has 0 unspecified atom stereocenters. The van der Waals surface area contributed by atoms with Crippen molar-refractivity contribution < 1.29 is 0 Å². The van der Waals surface area contributed by atoms with E-state index in [-0.39, 0.29) is 0 Å². The number of hydrogen-bond acceptors (Lipinski definition) is 1. The molecule has 2 heteroatoms. The summed E-state index contributed by atoms with van der Waals surface area (Å²) in [5, 5.41) is 0. The lowest BCUT2D eigenvalue weighted by Crippen LogP contribution is -2.27. The maximum absolute atomic E-state index is 5.73. The summed E-state index contributed by atoms with van der Waals surface area (Å²) in [5.74, 6) is 0.792. The molecule has 0 amide bonds. The molecule has 0 aromatic heterocycles. The Kier molecular flexibility index (Phi) is 5.80. The van der Waals surface area contributed by atoms with Crippen LogP contribution in [-0.4, -0.2) is 30.4 Å². The van der Waals surface area contributed by atoms with Crippen molar-refractivity contribution in [1.29, 1.82) is 0 Å². The highest BCUT2D eigenvalue weighted by Crippen LogP contribution is 2.10. The molecule has 1 rings (SSSR count). The largest absolute Gasteiger partial charge is 0.302 e. The Morgan fingerprint density at radius 2 is 1.33 bits per heavy atom. The van der Waals surface area contributed by atoms with Crippen LogP contribution in [0.2, 0.25) is 0 Å². The third-order valence-electron chi connectivity index (χ3n) is 2.60. The van der Waals surface area contributed by atoms with Crippen LogP contribution in [-0.2, 0) is 0 Å². The zero-order valence-electron chi connectivity index (χ0n) is 7.90. The molecule has 0 saturated carbocycles. The first-order valence-corrected chi connectivity index (χ1v) is 5.75. The van der Waals surface area contributed by atoms with Crippen LogP contribution in [0.1, 0.15) is 38.5 Å². The Labute approximate surface area is 81.1 Å². The summed E-state index contributed by atoms with van der Waals surface area (Å²) >= 11 is 5.73. The second-order valence-corrected chi connectivity index (χ2v) is 4.03. The van der Waals surface area contributed by atoms with Gasteiger partial charge in [-0.25, -0.2) is 0 Å². The van der Waals surface area contributed by atoms with E-state index in [0.29, 0.717) is 0 Å². The van der Waals surface area contributed by atoms with E-state index in [1.807, 2.05) is 0 Å². The Hall–Kier alpha value is 0.250. The summed E-state index contributed by atoms with van der Waals surface area (Å²) in [4.78, 5) is 2.51.